The highest BCUT2D eigenvalue weighted by Gasteiger charge is 2.20. The highest BCUT2D eigenvalue weighted by atomic mass is 15.0. The first-order valence-electron chi connectivity index (χ1n) is 16.3. The van der Waals surface area contributed by atoms with Crippen molar-refractivity contribution in [3.05, 3.63) is 168 Å². The van der Waals surface area contributed by atoms with Gasteiger partial charge in [-0.3, -0.25) is 0 Å². The molecule has 0 bridgehead atoms. The molecule has 50 heavy (non-hydrogen) atoms. The van der Waals surface area contributed by atoms with Crippen molar-refractivity contribution in [2.45, 2.75) is 0 Å². The Bertz CT molecular complexity index is 2920. The maximum Gasteiger partial charge on any atom is 0.101 e. The van der Waals surface area contributed by atoms with Crippen molar-refractivity contribution >= 4 is 43.6 Å². The molecule has 0 aliphatic carbocycles. The van der Waals surface area contributed by atoms with Gasteiger partial charge in [0.1, 0.15) is 6.07 Å². The third-order valence-corrected chi connectivity index (χ3v) is 9.64. The SMILES string of the molecule is N#Cc1ccc(-c2ccccc2-c2ccc(C#N)c(-n3c4ccccc4c4cc(C#N)ccc43)c2)c(-n2c3ccccc3c3ccccc32)c1. The lowest BCUT2D eigenvalue weighted by atomic mass is 9.92. The molecule has 0 atom stereocenters. The van der Waals surface area contributed by atoms with Gasteiger partial charge >= 0.3 is 0 Å². The summed E-state index contributed by atoms with van der Waals surface area (Å²) in [6.45, 7) is 0. The summed E-state index contributed by atoms with van der Waals surface area (Å²) in [4.78, 5) is 0. The van der Waals surface area contributed by atoms with Gasteiger partial charge in [0.05, 0.1) is 62.3 Å². The van der Waals surface area contributed by atoms with Crippen LogP contribution in [0.1, 0.15) is 16.7 Å². The van der Waals surface area contributed by atoms with Crippen LogP contribution in [0.4, 0.5) is 0 Å². The third-order valence-electron chi connectivity index (χ3n) is 9.64. The Kier molecular flexibility index (Phi) is 6.56. The molecule has 9 rings (SSSR count). The van der Waals surface area contributed by atoms with Gasteiger partial charge in [-0.05, 0) is 77.4 Å². The molecule has 5 heteroatoms. The average Bonchev–Trinajstić information content (AvgIpc) is 3.70. The molecular weight excluding hydrogens is 611 g/mol. The Morgan fingerprint density at radius 1 is 0.360 bits per heavy atom. The Morgan fingerprint density at radius 2 is 0.880 bits per heavy atom. The number of para-hydroxylation sites is 3. The van der Waals surface area contributed by atoms with E-state index in [0.29, 0.717) is 16.7 Å². The second-order valence-corrected chi connectivity index (χ2v) is 12.3. The fraction of sp³-hybridized carbons (Fsp3) is 0. The van der Waals surface area contributed by atoms with E-state index in [4.69, 9.17) is 0 Å². The Balaban J connectivity index is 1.30. The van der Waals surface area contributed by atoms with Gasteiger partial charge in [0.2, 0.25) is 0 Å². The molecule has 2 aromatic heterocycles. The molecule has 0 saturated carbocycles. The van der Waals surface area contributed by atoms with E-state index in [0.717, 1.165) is 77.2 Å². The van der Waals surface area contributed by atoms with Crippen LogP contribution in [0.25, 0.3) is 77.2 Å². The number of rotatable bonds is 4. The molecule has 0 spiro atoms. The first kappa shape index (κ1) is 28.8. The summed E-state index contributed by atoms with van der Waals surface area (Å²) >= 11 is 0. The second-order valence-electron chi connectivity index (χ2n) is 12.3. The van der Waals surface area contributed by atoms with Crippen LogP contribution in [-0.2, 0) is 0 Å². The minimum absolute atomic E-state index is 0.544. The standard InChI is InChI=1S/C45H25N5/c46-26-29-18-22-43-39(23-29)37-13-5-8-16-42(37)49(43)44-25-31(19-20-32(44)28-48)33-9-1-2-10-34(33)38-21-17-30(27-47)24-45(38)50-40-14-6-3-11-35(40)36-12-4-7-15-41(36)50/h1-25H. The maximum absolute atomic E-state index is 10.4. The highest BCUT2D eigenvalue weighted by molar-refractivity contribution is 6.11. The summed E-state index contributed by atoms with van der Waals surface area (Å²) in [7, 11) is 0. The predicted octanol–water partition coefficient (Wildman–Crippen LogP) is 10.8. The van der Waals surface area contributed by atoms with Crippen LogP contribution >= 0.6 is 0 Å². The van der Waals surface area contributed by atoms with Crippen molar-refractivity contribution in [3.63, 3.8) is 0 Å². The summed E-state index contributed by atoms with van der Waals surface area (Å²) in [5.41, 5.74) is 11.3. The molecular formula is C45H25N5. The van der Waals surface area contributed by atoms with Crippen LogP contribution in [0.3, 0.4) is 0 Å². The fourth-order valence-corrected chi connectivity index (χ4v) is 7.45. The van der Waals surface area contributed by atoms with Crippen LogP contribution in [-0.4, -0.2) is 9.13 Å². The van der Waals surface area contributed by atoms with E-state index in [9.17, 15) is 15.8 Å². The summed E-state index contributed by atoms with van der Waals surface area (Å²) in [5, 5.41) is 34.3. The topological polar surface area (TPSA) is 81.2 Å². The van der Waals surface area contributed by atoms with Crippen molar-refractivity contribution in [2.24, 2.45) is 0 Å². The molecule has 0 saturated heterocycles. The van der Waals surface area contributed by atoms with Crippen LogP contribution < -0.4 is 0 Å². The monoisotopic (exact) mass is 635 g/mol. The van der Waals surface area contributed by atoms with Crippen molar-refractivity contribution in [1.82, 2.24) is 9.13 Å². The van der Waals surface area contributed by atoms with Crippen molar-refractivity contribution < 1.29 is 0 Å². The molecule has 0 unspecified atom stereocenters. The number of aromatic nitrogens is 2. The van der Waals surface area contributed by atoms with E-state index in [1.165, 1.54) is 0 Å². The number of fused-ring (bicyclic) bond motifs is 6. The van der Waals surface area contributed by atoms with Crippen LogP contribution in [0.15, 0.2) is 152 Å². The van der Waals surface area contributed by atoms with Gasteiger partial charge < -0.3 is 9.13 Å². The van der Waals surface area contributed by atoms with Gasteiger partial charge in [-0.1, -0.05) is 91.0 Å². The second kappa shape index (κ2) is 11.4. The average molecular weight is 636 g/mol. The molecule has 0 N–H and O–H groups in total. The summed E-state index contributed by atoms with van der Waals surface area (Å²) in [6.07, 6.45) is 0. The normalized spacial score (nSPS) is 11.1. The van der Waals surface area contributed by atoms with E-state index in [-0.39, 0.29) is 0 Å². The van der Waals surface area contributed by atoms with Gasteiger partial charge in [-0.2, -0.15) is 15.8 Å². The molecule has 7 aromatic carbocycles. The number of benzene rings is 7. The lowest BCUT2D eigenvalue weighted by Gasteiger charge is -2.18. The zero-order valence-corrected chi connectivity index (χ0v) is 26.7. The maximum atomic E-state index is 10.4. The number of hydrogen-bond donors (Lipinski definition) is 0. The van der Waals surface area contributed by atoms with E-state index in [1.807, 2.05) is 84.9 Å². The first-order valence-corrected chi connectivity index (χ1v) is 16.3. The first-order chi connectivity index (χ1) is 24.7. The smallest absolute Gasteiger partial charge is 0.101 e. The molecule has 9 aromatic rings. The van der Waals surface area contributed by atoms with Gasteiger partial charge in [0.15, 0.2) is 0 Å². The quantitative estimate of drug-likeness (QED) is 0.193. The van der Waals surface area contributed by atoms with Gasteiger partial charge in [-0.25, -0.2) is 0 Å². The predicted molar refractivity (Wildman–Crippen MR) is 200 cm³/mol. The van der Waals surface area contributed by atoms with Crippen LogP contribution in [0, 0.1) is 34.0 Å². The Morgan fingerprint density at radius 3 is 1.52 bits per heavy atom. The minimum atomic E-state index is 0.544. The van der Waals surface area contributed by atoms with E-state index < -0.39 is 0 Å². The van der Waals surface area contributed by atoms with Gasteiger partial charge in [0, 0.05) is 27.1 Å². The van der Waals surface area contributed by atoms with E-state index in [2.05, 4.69) is 94.1 Å². The van der Waals surface area contributed by atoms with E-state index >= 15 is 0 Å². The molecule has 0 aliphatic heterocycles. The summed E-state index contributed by atoms with van der Waals surface area (Å²) < 4.78 is 4.39. The third kappa shape index (κ3) is 4.31. The summed E-state index contributed by atoms with van der Waals surface area (Å²) in [5.74, 6) is 0. The number of hydrogen-bond acceptors (Lipinski definition) is 3. The van der Waals surface area contributed by atoms with Crippen molar-refractivity contribution in [1.29, 1.82) is 15.8 Å². The lowest BCUT2D eigenvalue weighted by molar-refractivity contribution is 1.17. The Hall–Kier alpha value is -7.39. The minimum Gasteiger partial charge on any atom is -0.309 e. The Labute approximate surface area is 287 Å². The van der Waals surface area contributed by atoms with Crippen LogP contribution in [0.2, 0.25) is 0 Å². The molecule has 0 radical (unpaired) electrons. The number of nitrogens with zero attached hydrogens (tertiary/aromatic N) is 5. The molecule has 2 heterocycles. The highest BCUT2D eigenvalue weighted by Crippen LogP contribution is 2.41. The zero-order valence-electron chi connectivity index (χ0n) is 26.7. The largest absolute Gasteiger partial charge is 0.309 e. The number of nitriles is 3. The molecule has 5 nitrogen and oxygen atoms in total. The van der Waals surface area contributed by atoms with Crippen molar-refractivity contribution in [3.8, 4) is 51.8 Å². The zero-order chi connectivity index (χ0) is 33.8. The van der Waals surface area contributed by atoms with Gasteiger partial charge in [0.25, 0.3) is 0 Å². The van der Waals surface area contributed by atoms with Crippen LogP contribution in [0.5, 0.6) is 0 Å². The molecule has 230 valence electrons. The molecule has 0 aliphatic rings. The van der Waals surface area contributed by atoms with Gasteiger partial charge in [-0.15, -0.1) is 0 Å². The van der Waals surface area contributed by atoms with E-state index in [1.54, 1.807) is 0 Å². The lowest BCUT2D eigenvalue weighted by Crippen LogP contribution is -2.00. The van der Waals surface area contributed by atoms with Crippen molar-refractivity contribution in [2.75, 3.05) is 0 Å². The fourth-order valence-electron chi connectivity index (χ4n) is 7.45. The summed E-state index contributed by atoms with van der Waals surface area (Å²) in [6, 6.07) is 57.8. The molecule has 0 amide bonds. The molecule has 0 fully saturated rings.